The number of nitrogens with one attached hydrogen (secondary N) is 1. The molecule has 1 unspecified atom stereocenters. The van der Waals surface area contributed by atoms with Crippen LogP contribution in [0.25, 0.3) is 5.70 Å². The van der Waals surface area contributed by atoms with Crippen molar-refractivity contribution in [3.05, 3.63) is 35.4 Å². The van der Waals surface area contributed by atoms with Crippen LogP contribution < -0.4 is 16.2 Å². The zero-order chi connectivity index (χ0) is 24.9. The Bertz CT molecular complexity index is 927. The topological polar surface area (TPSA) is 136 Å². The monoisotopic (exact) mass is 491 g/mol. The maximum Gasteiger partial charge on any atom is 0.235 e. The molecule has 1 aliphatic carbocycles. The Morgan fingerprint density at radius 1 is 1.29 bits per heavy atom. The van der Waals surface area contributed by atoms with Crippen LogP contribution in [0, 0.1) is 5.41 Å². The minimum atomic E-state index is -1.34. The number of carbonyl (C=O) groups excluding carboxylic acids is 1. The number of ether oxygens (including phenoxy) is 2. The zero-order valence-corrected chi connectivity index (χ0v) is 20.6. The molecule has 10 heteroatoms. The Morgan fingerprint density at radius 3 is 2.65 bits per heavy atom. The van der Waals surface area contributed by atoms with Gasteiger partial charge in [0.1, 0.15) is 5.75 Å². The molecule has 1 aromatic carbocycles. The summed E-state index contributed by atoms with van der Waals surface area (Å²) >= 11 is 0.959. The van der Waals surface area contributed by atoms with Gasteiger partial charge < -0.3 is 20.9 Å². The maximum absolute atomic E-state index is 13.1. The van der Waals surface area contributed by atoms with Crippen LogP contribution in [0.4, 0.5) is 4.39 Å². The highest BCUT2D eigenvalue weighted by molar-refractivity contribution is 8.26. The first-order valence-electron chi connectivity index (χ1n) is 11.3. The highest BCUT2D eigenvalue weighted by Crippen LogP contribution is 2.29. The lowest BCUT2D eigenvalue weighted by Crippen LogP contribution is -2.23. The van der Waals surface area contributed by atoms with E-state index in [2.05, 4.69) is 4.99 Å². The van der Waals surface area contributed by atoms with Crippen molar-refractivity contribution in [1.82, 2.24) is 0 Å². The fourth-order valence-electron chi connectivity index (χ4n) is 3.69. The van der Waals surface area contributed by atoms with Crippen molar-refractivity contribution in [2.75, 3.05) is 13.2 Å². The van der Waals surface area contributed by atoms with E-state index < -0.39 is 6.36 Å². The van der Waals surface area contributed by atoms with Gasteiger partial charge in [0.25, 0.3) is 0 Å². The molecule has 1 aromatic rings. The molecule has 1 saturated heterocycles. The lowest BCUT2D eigenvalue weighted by molar-refractivity contribution is -0.106. The number of rotatable bonds is 5. The van der Waals surface area contributed by atoms with Gasteiger partial charge >= 0.3 is 0 Å². The summed E-state index contributed by atoms with van der Waals surface area (Å²) in [5.41, 5.74) is 15.5. The summed E-state index contributed by atoms with van der Waals surface area (Å²) in [7, 11) is 0. The van der Waals surface area contributed by atoms with E-state index in [1.54, 1.807) is 19.1 Å². The molecule has 2 fully saturated rings. The standard InChI is InChI=1S/C20H27FN2O2.C4H7N3OS/c1-14(21)25-17-6-4-5-15(13-17)20(22)18-7-2-3-8-19(18)23-16-9-11-24-12-10-16;1-3(5)9-4(6)7-2-8/h4-6,13-14,16H,2-3,7-12,22H2,1H3;2,5H,1H3,(H2,6,7,8)/b20-18-,23-19?;. The van der Waals surface area contributed by atoms with Crippen LogP contribution in [0.3, 0.4) is 0 Å². The number of allylic oxidation sites excluding steroid dienone is 1. The van der Waals surface area contributed by atoms with Crippen LogP contribution in [-0.2, 0) is 9.53 Å². The SMILES string of the molecule is CC(=N)SC(N)=NC=O.CC(F)Oc1cccc(/C(N)=C2\CCCCC2=NC2CCOCC2)c1. The fraction of sp³-hybridized carbons (Fsp3) is 0.500. The van der Waals surface area contributed by atoms with Crippen LogP contribution in [0.15, 0.2) is 39.8 Å². The summed E-state index contributed by atoms with van der Waals surface area (Å²) in [6, 6.07) is 7.68. The Balaban J connectivity index is 0.000000387. The third-order valence-electron chi connectivity index (χ3n) is 5.17. The first-order valence-corrected chi connectivity index (χ1v) is 12.2. The van der Waals surface area contributed by atoms with Crippen LogP contribution >= 0.6 is 11.8 Å². The van der Waals surface area contributed by atoms with E-state index in [1.807, 2.05) is 12.1 Å². The molecule has 3 rings (SSSR count). The van der Waals surface area contributed by atoms with Gasteiger partial charge in [0.15, 0.2) is 5.17 Å². The number of hydrogen-bond acceptors (Lipinski definition) is 7. The van der Waals surface area contributed by atoms with Gasteiger partial charge in [-0.2, -0.15) is 4.99 Å². The molecule has 1 atom stereocenters. The second-order valence-electron chi connectivity index (χ2n) is 7.94. The third-order valence-corrected chi connectivity index (χ3v) is 5.79. The Kier molecular flexibility index (Phi) is 11.8. The summed E-state index contributed by atoms with van der Waals surface area (Å²) in [4.78, 5) is 17.8. The van der Waals surface area contributed by atoms with Gasteiger partial charge in [-0.3, -0.25) is 15.2 Å². The number of halogens is 1. The second kappa shape index (κ2) is 14.5. The van der Waals surface area contributed by atoms with E-state index in [-0.39, 0.29) is 5.17 Å². The molecule has 1 amide bonds. The van der Waals surface area contributed by atoms with Crippen molar-refractivity contribution in [2.24, 2.45) is 21.5 Å². The molecule has 0 spiro atoms. The predicted octanol–water partition coefficient (Wildman–Crippen LogP) is 4.43. The molecule has 1 saturated carbocycles. The molecular weight excluding hydrogens is 457 g/mol. The van der Waals surface area contributed by atoms with Gasteiger partial charge in [-0.1, -0.05) is 12.1 Å². The molecular formula is C24H34FN5O3S. The molecule has 5 N–H and O–H groups in total. The number of amidine groups is 1. The van der Waals surface area contributed by atoms with Crippen LogP contribution in [0.1, 0.15) is 57.9 Å². The van der Waals surface area contributed by atoms with Gasteiger partial charge in [-0.15, -0.1) is 0 Å². The molecule has 1 heterocycles. The maximum atomic E-state index is 13.1. The Hall–Kier alpha value is -2.72. The van der Waals surface area contributed by atoms with Gasteiger partial charge in [-0.05, 0) is 74.9 Å². The summed E-state index contributed by atoms with van der Waals surface area (Å²) in [5.74, 6) is 0.495. The largest absolute Gasteiger partial charge is 0.461 e. The van der Waals surface area contributed by atoms with Crippen molar-refractivity contribution >= 4 is 39.8 Å². The highest BCUT2D eigenvalue weighted by atomic mass is 32.2. The summed E-state index contributed by atoms with van der Waals surface area (Å²) in [6.07, 6.45) is 5.17. The van der Waals surface area contributed by atoms with E-state index in [4.69, 9.17) is 31.3 Å². The molecule has 0 bridgehead atoms. The van der Waals surface area contributed by atoms with Crippen molar-refractivity contribution in [2.45, 2.75) is 64.8 Å². The zero-order valence-electron chi connectivity index (χ0n) is 19.8. The van der Waals surface area contributed by atoms with Crippen LogP contribution in [0.5, 0.6) is 5.75 Å². The summed E-state index contributed by atoms with van der Waals surface area (Å²) in [5, 5.41) is 7.32. The van der Waals surface area contributed by atoms with Crippen molar-refractivity contribution in [3.8, 4) is 5.75 Å². The lowest BCUT2D eigenvalue weighted by Gasteiger charge is -2.24. The molecule has 0 aromatic heterocycles. The first-order chi connectivity index (χ1) is 16.3. The van der Waals surface area contributed by atoms with Crippen molar-refractivity contribution in [3.63, 3.8) is 0 Å². The number of thioether (sulfide) groups is 1. The van der Waals surface area contributed by atoms with Gasteiger partial charge in [0, 0.05) is 37.1 Å². The average Bonchev–Trinajstić information content (AvgIpc) is 2.79. The van der Waals surface area contributed by atoms with E-state index in [0.717, 1.165) is 86.0 Å². The fourth-order valence-corrected chi connectivity index (χ4v) is 4.10. The van der Waals surface area contributed by atoms with E-state index in [0.29, 0.717) is 23.2 Å². The smallest absolute Gasteiger partial charge is 0.235 e. The second-order valence-corrected chi connectivity index (χ2v) is 9.17. The summed E-state index contributed by atoms with van der Waals surface area (Å²) in [6.45, 7) is 4.51. The number of hydrogen-bond donors (Lipinski definition) is 3. The minimum absolute atomic E-state index is 0.109. The van der Waals surface area contributed by atoms with Crippen molar-refractivity contribution < 1.29 is 18.7 Å². The van der Waals surface area contributed by atoms with E-state index in [1.165, 1.54) is 6.92 Å². The number of amides is 1. The normalized spacial score (nSPS) is 20.7. The van der Waals surface area contributed by atoms with E-state index >= 15 is 0 Å². The highest BCUT2D eigenvalue weighted by Gasteiger charge is 2.20. The Morgan fingerprint density at radius 2 is 2.00 bits per heavy atom. The van der Waals surface area contributed by atoms with Crippen LogP contribution in [-0.4, -0.2) is 47.9 Å². The average molecular weight is 492 g/mol. The number of nitrogens with zero attached hydrogens (tertiary/aromatic N) is 2. The number of nitrogens with two attached hydrogens (primary N) is 2. The lowest BCUT2D eigenvalue weighted by atomic mass is 9.89. The van der Waals surface area contributed by atoms with Gasteiger partial charge in [0.2, 0.25) is 12.8 Å². The van der Waals surface area contributed by atoms with Crippen LogP contribution in [0.2, 0.25) is 0 Å². The van der Waals surface area contributed by atoms with Gasteiger partial charge in [-0.25, -0.2) is 4.39 Å². The molecule has 34 heavy (non-hydrogen) atoms. The number of carbonyl (C=O) groups is 1. The molecule has 186 valence electrons. The predicted molar refractivity (Wildman–Crippen MR) is 137 cm³/mol. The number of alkyl halides is 1. The quantitative estimate of drug-likeness (QED) is 0.317. The first kappa shape index (κ1) is 27.5. The van der Waals surface area contributed by atoms with Gasteiger partial charge in [0.05, 0.1) is 11.1 Å². The molecule has 2 aliphatic rings. The minimum Gasteiger partial charge on any atom is -0.461 e. The van der Waals surface area contributed by atoms with E-state index in [9.17, 15) is 9.18 Å². The molecule has 8 nitrogen and oxygen atoms in total. The third kappa shape index (κ3) is 9.64. The van der Waals surface area contributed by atoms with Crippen molar-refractivity contribution in [1.29, 1.82) is 5.41 Å². The molecule has 1 aliphatic heterocycles. The Labute approximate surface area is 204 Å². The summed E-state index contributed by atoms with van der Waals surface area (Å²) < 4.78 is 23.7. The number of aliphatic imine (C=N–C) groups is 2. The number of benzene rings is 1. The molecule has 0 radical (unpaired) electrons.